The first-order chi connectivity index (χ1) is 15.2. The third kappa shape index (κ3) is 5.12. The average Bonchev–Trinajstić information content (AvgIpc) is 2.84. The number of nitrogens with one attached hydrogen (secondary N) is 1. The number of nitrogens with zero attached hydrogens (tertiary/aromatic N) is 1. The third-order valence-corrected chi connectivity index (χ3v) is 6.00. The fraction of sp³-hybridized carbons (Fsp3) is 0.308. The Bertz CT molecular complexity index is 997. The fourth-order valence-electron chi connectivity index (χ4n) is 4.15. The van der Waals surface area contributed by atoms with E-state index < -0.39 is 5.41 Å². The van der Waals surface area contributed by atoms with E-state index in [0.717, 1.165) is 40.8 Å². The predicted molar refractivity (Wildman–Crippen MR) is 121 cm³/mol. The Kier molecular flexibility index (Phi) is 6.63. The topological polar surface area (TPSA) is 60.5 Å². The zero-order chi connectivity index (χ0) is 21.5. The number of benzene rings is 2. The lowest BCUT2D eigenvalue weighted by Crippen LogP contribution is -2.45. The summed E-state index contributed by atoms with van der Waals surface area (Å²) in [5.74, 6) is 0.931. The number of aromatic nitrogens is 1. The normalized spacial score (nSPS) is 15.3. The quantitative estimate of drug-likeness (QED) is 0.620. The molecular formula is C26H28N2O3. The Hall–Kier alpha value is -3.18. The van der Waals surface area contributed by atoms with Gasteiger partial charge in [0.15, 0.2) is 0 Å². The smallest absolute Gasteiger partial charge is 0.226 e. The highest BCUT2D eigenvalue weighted by Gasteiger charge is 2.40. The summed E-state index contributed by atoms with van der Waals surface area (Å²) in [6.07, 6.45) is 5.66. The summed E-state index contributed by atoms with van der Waals surface area (Å²) in [6.45, 7) is 1.71. The summed E-state index contributed by atoms with van der Waals surface area (Å²) < 4.78 is 10.9. The molecule has 1 aromatic heterocycles. The van der Waals surface area contributed by atoms with E-state index in [1.54, 1.807) is 19.5 Å². The second-order valence-corrected chi connectivity index (χ2v) is 8.04. The monoisotopic (exact) mass is 416 g/mol. The molecule has 0 bridgehead atoms. The van der Waals surface area contributed by atoms with Crippen LogP contribution in [0, 0.1) is 5.41 Å². The highest BCUT2D eigenvalue weighted by Crippen LogP contribution is 2.36. The van der Waals surface area contributed by atoms with Crippen molar-refractivity contribution < 1.29 is 14.3 Å². The van der Waals surface area contributed by atoms with Crippen molar-refractivity contribution in [3.63, 3.8) is 0 Å². The van der Waals surface area contributed by atoms with Crippen LogP contribution in [-0.2, 0) is 22.5 Å². The average molecular weight is 417 g/mol. The number of carbonyl (C=O) groups excluding carboxylic acids is 1. The van der Waals surface area contributed by atoms with E-state index in [0.29, 0.717) is 26.2 Å². The van der Waals surface area contributed by atoms with Crippen LogP contribution in [0.1, 0.15) is 24.0 Å². The molecule has 1 N–H and O–H groups in total. The van der Waals surface area contributed by atoms with Crippen LogP contribution in [-0.4, -0.2) is 31.2 Å². The molecule has 1 aliphatic heterocycles. The summed E-state index contributed by atoms with van der Waals surface area (Å²) in [5, 5.41) is 3.14. The van der Waals surface area contributed by atoms with E-state index in [9.17, 15) is 4.79 Å². The molecule has 2 heterocycles. The van der Waals surface area contributed by atoms with Gasteiger partial charge in [-0.25, -0.2) is 0 Å². The van der Waals surface area contributed by atoms with E-state index in [2.05, 4.69) is 46.7 Å². The molecule has 0 radical (unpaired) electrons. The minimum absolute atomic E-state index is 0.0921. The second-order valence-electron chi connectivity index (χ2n) is 8.04. The van der Waals surface area contributed by atoms with Crippen LogP contribution in [0.4, 0.5) is 0 Å². The standard InChI is InChI=1S/C26H28N2O3/c1-30-24-9-7-22(8-10-24)23-6-2-4-20(16-23)17-26(11-14-31-15-12-26)25(29)28-19-21-5-3-13-27-18-21/h2-10,13,16,18H,11-12,14-15,17,19H2,1H3,(H,28,29). The minimum Gasteiger partial charge on any atom is -0.497 e. The zero-order valence-electron chi connectivity index (χ0n) is 17.8. The molecule has 5 heteroatoms. The fourth-order valence-corrected chi connectivity index (χ4v) is 4.15. The molecule has 31 heavy (non-hydrogen) atoms. The number of ether oxygens (including phenoxy) is 2. The number of carbonyl (C=O) groups is 1. The largest absolute Gasteiger partial charge is 0.497 e. The van der Waals surface area contributed by atoms with Crippen molar-refractivity contribution in [3.05, 3.63) is 84.2 Å². The van der Waals surface area contributed by atoms with Crippen molar-refractivity contribution in [2.75, 3.05) is 20.3 Å². The van der Waals surface area contributed by atoms with Gasteiger partial charge in [-0.3, -0.25) is 9.78 Å². The van der Waals surface area contributed by atoms with E-state index >= 15 is 0 Å². The van der Waals surface area contributed by atoms with Crippen LogP contribution in [0.15, 0.2) is 73.1 Å². The van der Waals surface area contributed by atoms with Gasteiger partial charge in [0.2, 0.25) is 5.91 Å². The lowest BCUT2D eigenvalue weighted by atomic mass is 9.74. The summed E-state index contributed by atoms with van der Waals surface area (Å²) in [7, 11) is 1.67. The zero-order valence-corrected chi connectivity index (χ0v) is 17.8. The van der Waals surface area contributed by atoms with Crippen molar-refractivity contribution in [1.82, 2.24) is 10.3 Å². The van der Waals surface area contributed by atoms with Gasteiger partial charge in [0.05, 0.1) is 12.5 Å². The van der Waals surface area contributed by atoms with Gasteiger partial charge in [-0.1, -0.05) is 42.5 Å². The molecule has 1 fully saturated rings. The van der Waals surface area contributed by atoms with Crippen LogP contribution in [0.3, 0.4) is 0 Å². The number of hydrogen-bond acceptors (Lipinski definition) is 4. The summed E-state index contributed by atoms with van der Waals surface area (Å²) in [6, 6.07) is 20.4. The highest BCUT2D eigenvalue weighted by molar-refractivity contribution is 5.83. The molecule has 3 aromatic rings. The maximum absolute atomic E-state index is 13.3. The lowest BCUT2D eigenvalue weighted by Gasteiger charge is -2.36. The summed E-state index contributed by atoms with van der Waals surface area (Å²) in [5.41, 5.74) is 3.97. The van der Waals surface area contributed by atoms with Crippen molar-refractivity contribution in [1.29, 1.82) is 0 Å². The van der Waals surface area contributed by atoms with Gasteiger partial charge in [0, 0.05) is 32.2 Å². The van der Waals surface area contributed by atoms with Gasteiger partial charge >= 0.3 is 0 Å². The van der Waals surface area contributed by atoms with E-state index in [-0.39, 0.29) is 5.91 Å². The maximum Gasteiger partial charge on any atom is 0.226 e. The van der Waals surface area contributed by atoms with Crippen LogP contribution >= 0.6 is 0 Å². The Labute approximate surface area is 183 Å². The summed E-state index contributed by atoms with van der Waals surface area (Å²) >= 11 is 0. The Morgan fingerprint density at radius 2 is 1.81 bits per heavy atom. The predicted octanol–water partition coefficient (Wildman–Crippen LogP) is 4.41. The van der Waals surface area contributed by atoms with Gasteiger partial charge in [0.25, 0.3) is 0 Å². The number of amides is 1. The maximum atomic E-state index is 13.3. The third-order valence-electron chi connectivity index (χ3n) is 6.00. The van der Waals surface area contributed by atoms with Crippen LogP contribution in [0.25, 0.3) is 11.1 Å². The molecule has 0 unspecified atom stereocenters. The first kappa shape index (κ1) is 21.1. The Morgan fingerprint density at radius 1 is 1.03 bits per heavy atom. The van der Waals surface area contributed by atoms with Crippen LogP contribution in [0.2, 0.25) is 0 Å². The molecular weight excluding hydrogens is 388 g/mol. The number of hydrogen-bond donors (Lipinski definition) is 1. The molecule has 0 atom stereocenters. The van der Waals surface area contributed by atoms with Gasteiger partial charge in [-0.15, -0.1) is 0 Å². The van der Waals surface area contributed by atoms with Gasteiger partial charge < -0.3 is 14.8 Å². The second kappa shape index (κ2) is 9.75. The SMILES string of the molecule is COc1ccc(-c2cccc(CC3(C(=O)NCc4cccnc4)CCOCC3)c2)cc1. The number of methoxy groups -OCH3 is 1. The molecule has 0 spiro atoms. The number of rotatable bonds is 7. The van der Waals surface area contributed by atoms with Crippen molar-refractivity contribution in [3.8, 4) is 16.9 Å². The van der Waals surface area contributed by atoms with Gasteiger partial charge in [-0.2, -0.15) is 0 Å². The Balaban J connectivity index is 1.52. The molecule has 1 amide bonds. The molecule has 2 aromatic carbocycles. The van der Waals surface area contributed by atoms with Crippen LogP contribution in [0.5, 0.6) is 5.75 Å². The van der Waals surface area contributed by atoms with Gasteiger partial charge in [-0.05, 0) is 59.7 Å². The van der Waals surface area contributed by atoms with Gasteiger partial charge in [0.1, 0.15) is 5.75 Å². The first-order valence-corrected chi connectivity index (χ1v) is 10.7. The molecule has 1 saturated heterocycles. The molecule has 0 saturated carbocycles. The van der Waals surface area contributed by atoms with Crippen molar-refractivity contribution >= 4 is 5.91 Å². The molecule has 1 aliphatic rings. The summed E-state index contributed by atoms with van der Waals surface area (Å²) in [4.78, 5) is 17.5. The molecule has 4 rings (SSSR count). The van der Waals surface area contributed by atoms with E-state index in [4.69, 9.17) is 9.47 Å². The highest BCUT2D eigenvalue weighted by atomic mass is 16.5. The molecule has 5 nitrogen and oxygen atoms in total. The first-order valence-electron chi connectivity index (χ1n) is 10.7. The molecule has 0 aliphatic carbocycles. The minimum atomic E-state index is -0.459. The van der Waals surface area contributed by atoms with Crippen molar-refractivity contribution in [2.24, 2.45) is 5.41 Å². The van der Waals surface area contributed by atoms with Crippen LogP contribution < -0.4 is 10.1 Å². The number of pyridine rings is 1. The van der Waals surface area contributed by atoms with E-state index in [1.165, 1.54) is 0 Å². The van der Waals surface area contributed by atoms with E-state index in [1.807, 2.05) is 24.3 Å². The molecule has 160 valence electrons. The lowest BCUT2D eigenvalue weighted by molar-refractivity contribution is -0.136. The Morgan fingerprint density at radius 3 is 2.52 bits per heavy atom. The van der Waals surface area contributed by atoms with Crippen molar-refractivity contribution in [2.45, 2.75) is 25.8 Å².